The van der Waals surface area contributed by atoms with E-state index in [9.17, 15) is 26.8 Å². The van der Waals surface area contributed by atoms with Crippen molar-refractivity contribution in [1.29, 1.82) is 0 Å². The fraction of sp³-hybridized carbons (Fsp3) is 0.267. The van der Waals surface area contributed by atoms with E-state index in [1.54, 1.807) is 36.6 Å². The van der Waals surface area contributed by atoms with E-state index >= 15 is 4.39 Å². The first-order valence-electron chi connectivity index (χ1n) is 13.3. The number of para-hydroxylation sites is 1. The Bertz CT molecular complexity index is 1960. The molecule has 1 aliphatic rings. The van der Waals surface area contributed by atoms with Crippen molar-refractivity contribution < 1.29 is 26.4 Å². The molecule has 2 aromatic carbocycles. The molecule has 2 aromatic heterocycles. The third kappa shape index (κ3) is 5.18. The van der Waals surface area contributed by atoms with Gasteiger partial charge in [-0.3, -0.25) is 4.79 Å². The van der Waals surface area contributed by atoms with Crippen molar-refractivity contribution >= 4 is 32.6 Å². The molecule has 1 fully saturated rings. The van der Waals surface area contributed by atoms with Crippen LogP contribution in [0, 0.1) is 24.4 Å². The summed E-state index contributed by atoms with van der Waals surface area (Å²) in [7, 11) is -3.90. The lowest BCUT2D eigenvalue weighted by molar-refractivity contribution is -0.128. The van der Waals surface area contributed by atoms with Gasteiger partial charge in [0.15, 0.2) is 21.3 Å². The number of carbonyl (C=O) groups is 1. The number of carbonyl (C=O) groups excluding carboxylic acids is 1. The van der Waals surface area contributed by atoms with Crippen LogP contribution in [0.5, 0.6) is 0 Å². The number of aryl methyl sites for hydroxylation is 1. The van der Waals surface area contributed by atoms with Crippen LogP contribution in [0.25, 0.3) is 28.0 Å². The second-order valence-corrected chi connectivity index (χ2v) is 12.6. The van der Waals surface area contributed by atoms with Gasteiger partial charge < -0.3 is 9.80 Å². The zero-order valence-corrected chi connectivity index (χ0v) is 24.6. The Balaban J connectivity index is 1.87. The highest BCUT2D eigenvalue weighted by molar-refractivity contribution is 7.90. The number of benzene rings is 2. The summed E-state index contributed by atoms with van der Waals surface area (Å²) >= 11 is 0. The van der Waals surface area contributed by atoms with Crippen LogP contribution >= 0.6 is 0 Å². The van der Waals surface area contributed by atoms with Gasteiger partial charge in [0.1, 0.15) is 23.1 Å². The molecule has 0 N–H and O–H groups in total. The number of aromatic nitrogens is 3. The Labute approximate surface area is 245 Å². The van der Waals surface area contributed by atoms with Gasteiger partial charge in [-0.25, -0.2) is 35.9 Å². The fourth-order valence-electron chi connectivity index (χ4n) is 5.49. The standard InChI is InChI=1S/C30H28F3N5O4S/c1-6-24(39)36-14-18(4)37(15-17(36)3)28-19-13-22(33)26(25-20(31)10-8-11-21(25)32)34-29(19)38(30(40)35-28)27-16(2)9-7-12-23(27)43(5,41)42/h6-13,17-18H,1,14-15H2,2-5H3/t17-,18-/m0/s1. The Morgan fingerprint density at radius 2 is 1.65 bits per heavy atom. The molecule has 0 spiro atoms. The van der Waals surface area contributed by atoms with Crippen LogP contribution in [0.3, 0.4) is 0 Å². The zero-order valence-electron chi connectivity index (χ0n) is 23.8. The Hall–Kier alpha value is -4.52. The molecule has 0 unspecified atom stereocenters. The predicted molar refractivity (Wildman–Crippen MR) is 156 cm³/mol. The van der Waals surface area contributed by atoms with E-state index in [0.717, 1.165) is 35.1 Å². The number of halogens is 3. The van der Waals surface area contributed by atoms with E-state index in [1.165, 1.54) is 18.2 Å². The molecule has 43 heavy (non-hydrogen) atoms. The van der Waals surface area contributed by atoms with Crippen molar-refractivity contribution in [3.63, 3.8) is 0 Å². The number of rotatable bonds is 5. The number of amides is 1. The summed E-state index contributed by atoms with van der Waals surface area (Å²) in [5.74, 6) is -3.48. The van der Waals surface area contributed by atoms with E-state index in [4.69, 9.17) is 0 Å². The molecule has 1 saturated heterocycles. The van der Waals surface area contributed by atoms with Crippen molar-refractivity contribution in [2.24, 2.45) is 0 Å². The lowest BCUT2D eigenvalue weighted by Crippen LogP contribution is -2.58. The molecule has 0 radical (unpaired) electrons. The summed E-state index contributed by atoms with van der Waals surface area (Å²) < 4.78 is 72.0. The molecule has 0 bridgehead atoms. The molecular formula is C30H28F3N5O4S. The van der Waals surface area contributed by atoms with Crippen molar-refractivity contribution in [1.82, 2.24) is 19.4 Å². The lowest BCUT2D eigenvalue weighted by Gasteiger charge is -2.44. The third-order valence-electron chi connectivity index (χ3n) is 7.54. The number of hydrogen-bond donors (Lipinski definition) is 0. The first-order chi connectivity index (χ1) is 20.2. The fourth-order valence-corrected chi connectivity index (χ4v) is 6.42. The lowest BCUT2D eigenvalue weighted by atomic mass is 10.1. The maximum Gasteiger partial charge on any atom is 0.355 e. The largest absolute Gasteiger partial charge is 0.355 e. The first kappa shape index (κ1) is 30.0. The first-order valence-corrected chi connectivity index (χ1v) is 15.2. The minimum absolute atomic E-state index is 0.00264. The molecule has 13 heteroatoms. The predicted octanol–water partition coefficient (Wildman–Crippen LogP) is 4.19. The van der Waals surface area contributed by atoms with E-state index in [0.29, 0.717) is 5.56 Å². The second kappa shape index (κ2) is 11.0. The van der Waals surface area contributed by atoms with Crippen LogP contribution in [0.1, 0.15) is 19.4 Å². The molecule has 1 aliphatic heterocycles. The SMILES string of the molecule is C=CC(=O)N1C[C@H](C)N(c2nc(=O)n(-c3c(C)cccc3S(C)(=O)=O)c3nc(-c4c(F)cccc4F)c(F)cc23)C[C@@H]1C. The van der Waals surface area contributed by atoms with Crippen LogP contribution in [0.2, 0.25) is 0 Å². The molecule has 0 saturated carbocycles. The maximum atomic E-state index is 15.8. The highest BCUT2D eigenvalue weighted by Crippen LogP contribution is 2.35. The van der Waals surface area contributed by atoms with Crippen LogP contribution < -0.4 is 10.6 Å². The van der Waals surface area contributed by atoms with Crippen molar-refractivity contribution in [2.75, 3.05) is 24.2 Å². The normalized spacial score (nSPS) is 17.4. The van der Waals surface area contributed by atoms with Crippen LogP contribution in [-0.4, -0.2) is 65.2 Å². The zero-order chi connectivity index (χ0) is 31.4. The number of nitrogens with zero attached hydrogens (tertiary/aromatic N) is 5. The summed E-state index contributed by atoms with van der Waals surface area (Å²) in [4.78, 5) is 38.0. The Kier molecular flexibility index (Phi) is 7.63. The maximum absolute atomic E-state index is 15.8. The van der Waals surface area contributed by atoms with E-state index in [-0.39, 0.29) is 52.5 Å². The average molecular weight is 612 g/mol. The van der Waals surface area contributed by atoms with Gasteiger partial charge in [0.2, 0.25) is 5.91 Å². The van der Waals surface area contributed by atoms with Gasteiger partial charge in [0.25, 0.3) is 0 Å². The van der Waals surface area contributed by atoms with Gasteiger partial charge in [-0.05, 0) is 56.7 Å². The molecule has 224 valence electrons. The summed E-state index contributed by atoms with van der Waals surface area (Å²) in [5, 5.41) is 0.00264. The van der Waals surface area contributed by atoms with Crippen LogP contribution in [0.15, 0.2) is 64.8 Å². The highest BCUT2D eigenvalue weighted by Gasteiger charge is 2.34. The van der Waals surface area contributed by atoms with E-state index in [1.807, 2.05) is 0 Å². The third-order valence-corrected chi connectivity index (χ3v) is 8.67. The number of piperazine rings is 1. The molecule has 5 rings (SSSR count). The van der Waals surface area contributed by atoms with Gasteiger partial charge in [-0.2, -0.15) is 4.98 Å². The molecule has 9 nitrogen and oxygen atoms in total. The Morgan fingerprint density at radius 1 is 1.00 bits per heavy atom. The van der Waals surface area contributed by atoms with Crippen LogP contribution in [0.4, 0.5) is 19.0 Å². The smallest absolute Gasteiger partial charge is 0.349 e. The van der Waals surface area contributed by atoms with Crippen LogP contribution in [-0.2, 0) is 14.6 Å². The quantitative estimate of drug-likeness (QED) is 0.312. The number of anilines is 1. The molecule has 4 aromatic rings. The monoisotopic (exact) mass is 611 g/mol. The van der Waals surface area contributed by atoms with Gasteiger partial charge in [0, 0.05) is 31.4 Å². The van der Waals surface area contributed by atoms with E-state index in [2.05, 4.69) is 16.5 Å². The average Bonchev–Trinajstić information content (AvgIpc) is 2.93. The van der Waals surface area contributed by atoms with Gasteiger partial charge >= 0.3 is 5.69 Å². The van der Waals surface area contributed by atoms with Gasteiger partial charge in [-0.1, -0.05) is 24.8 Å². The molecule has 1 amide bonds. The minimum Gasteiger partial charge on any atom is -0.349 e. The minimum atomic E-state index is -3.90. The summed E-state index contributed by atoms with van der Waals surface area (Å²) in [6, 6.07) is 7.65. The van der Waals surface area contributed by atoms with Crippen molar-refractivity contribution in [3.8, 4) is 16.9 Å². The summed E-state index contributed by atoms with van der Waals surface area (Å²) in [5.41, 5.74) is -2.34. The van der Waals surface area contributed by atoms with E-state index < -0.39 is 50.3 Å². The molecule has 3 heterocycles. The number of fused-ring (bicyclic) bond motifs is 1. The van der Waals surface area contributed by atoms with Crippen molar-refractivity contribution in [3.05, 3.63) is 88.6 Å². The molecule has 2 atom stereocenters. The second-order valence-electron chi connectivity index (χ2n) is 10.6. The number of sulfone groups is 1. The topological polar surface area (TPSA) is 105 Å². The highest BCUT2D eigenvalue weighted by atomic mass is 32.2. The summed E-state index contributed by atoms with van der Waals surface area (Å²) in [6.07, 6.45) is 2.18. The van der Waals surface area contributed by atoms with Gasteiger partial charge in [-0.15, -0.1) is 0 Å². The van der Waals surface area contributed by atoms with Crippen molar-refractivity contribution in [2.45, 2.75) is 37.8 Å². The Morgan fingerprint density at radius 3 is 2.28 bits per heavy atom. The molecular weight excluding hydrogens is 583 g/mol. The van der Waals surface area contributed by atoms with Gasteiger partial charge in [0.05, 0.1) is 21.5 Å². The molecule has 0 aliphatic carbocycles. The number of hydrogen-bond acceptors (Lipinski definition) is 7. The number of pyridine rings is 1. The summed E-state index contributed by atoms with van der Waals surface area (Å²) in [6.45, 7) is 9.16.